The summed E-state index contributed by atoms with van der Waals surface area (Å²) in [6, 6.07) is 7.65. The van der Waals surface area contributed by atoms with Gasteiger partial charge in [0, 0.05) is 22.5 Å². The highest BCUT2D eigenvalue weighted by atomic mass is 79.9. The molecule has 22 heavy (non-hydrogen) atoms. The first-order valence-corrected chi connectivity index (χ1v) is 8.19. The first kappa shape index (κ1) is 16.7. The predicted octanol–water partition coefficient (Wildman–Crippen LogP) is 3.67. The lowest BCUT2D eigenvalue weighted by Gasteiger charge is -2.28. The summed E-state index contributed by atoms with van der Waals surface area (Å²) < 4.78 is 6.36. The van der Waals surface area contributed by atoms with Crippen molar-refractivity contribution in [2.45, 2.75) is 45.6 Å². The molecule has 0 radical (unpaired) electrons. The molecule has 0 aromatic heterocycles. The minimum atomic E-state index is -0.354. The first-order chi connectivity index (χ1) is 10.4. The summed E-state index contributed by atoms with van der Waals surface area (Å²) in [6.45, 7) is 5.57. The summed E-state index contributed by atoms with van der Waals surface area (Å²) in [7, 11) is 0. The number of hydrogen-bond acceptors (Lipinski definition) is 3. The van der Waals surface area contributed by atoms with Crippen LogP contribution in [0, 0.1) is 0 Å². The van der Waals surface area contributed by atoms with Gasteiger partial charge in [-0.2, -0.15) is 0 Å². The Morgan fingerprint density at radius 2 is 2.14 bits per heavy atom. The Bertz CT molecular complexity index is 624. The maximum atomic E-state index is 12.5. The fourth-order valence-electron chi connectivity index (χ4n) is 2.52. The Labute approximate surface area is 139 Å². The van der Waals surface area contributed by atoms with E-state index < -0.39 is 0 Å². The smallest absolute Gasteiger partial charge is 0.336 e. The average Bonchev–Trinajstić information content (AvgIpc) is 2.46. The van der Waals surface area contributed by atoms with Crippen LogP contribution in [0.25, 0.3) is 0 Å². The Kier molecular flexibility index (Phi) is 5.40. The molecule has 0 saturated heterocycles. The van der Waals surface area contributed by atoms with Crippen molar-refractivity contribution >= 4 is 27.8 Å². The number of benzene rings is 1. The number of nitrogens with one attached hydrogen (secondary N) is 1. The average molecular weight is 366 g/mol. The zero-order chi connectivity index (χ0) is 16.3. The second kappa shape index (κ2) is 7.09. The number of carbonyl (C=O) groups is 2. The number of ether oxygens (including phenoxy) is 1. The van der Waals surface area contributed by atoms with Crippen LogP contribution in [0.15, 0.2) is 40.0 Å². The van der Waals surface area contributed by atoms with Gasteiger partial charge in [0.2, 0.25) is 5.91 Å². The molecule has 0 spiro atoms. The van der Waals surface area contributed by atoms with Gasteiger partial charge < -0.3 is 10.1 Å². The third kappa shape index (κ3) is 3.58. The van der Waals surface area contributed by atoms with Crippen molar-refractivity contribution < 1.29 is 14.3 Å². The molecule has 5 heteroatoms. The van der Waals surface area contributed by atoms with Crippen LogP contribution >= 0.6 is 15.9 Å². The number of rotatable bonds is 4. The van der Waals surface area contributed by atoms with Crippen LogP contribution in [0.5, 0.6) is 0 Å². The molecule has 1 aromatic carbocycles. The van der Waals surface area contributed by atoms with Gasteiger partial charge in [-0.1, -0.05) is 41.1 Å². The molecule has 0 saturated carbocycles. The van der Waals surface area contributed by atoms with Gasteiger partial charge in [-0.05, 0) is 31.9 Å². The molecular weight excluding hydrogens is 346 g/mol. The molecule has 1 aliphatic rings. The van der Waals surface area contributed by atoms with Gasteiger partial charge in [0.25, 0.3) is 0 Å². The van der Waals surface area contributed by atoms with Crippen LogP contribution in [0.3, 0.4) is 0 Å². The van der Waals surface area contributed by atoms with Crippen LogP contribution in [-0.4, -0.2) is 18.0 Å². The Hall–Kier alpha value is -1.62. The minimum Gasteiger partial charge on any atom is -0.459 e. The van der Waals surface area contributed by atoms with Crippen LogP contribution in [0.4, 0.5) is 0 Å². The number of allylic oxidation sites excluding steroid dienone is 1. The lowest BCUT2D eigenvalue weighted by atomic mass is 9.84. The molecule has 1 aliphatic heterocycles. The number of halogens is 1. The summed E-state index contributed by atoms with van der Waals surface area (Å²) in [5, 5.41) is 2.75. The zero-order valence-corrected chi connectivity index (χ0v) is 14.6. The van der Waals surface area contributed by atoms with E-state index in [0.717, 1.165) is 16.5 Å². The maximum absolute atomic E-state index is 12.5. The van der Waals surface area contributed by atoms with E-state index in [1.165, 1.54) is 0 Å². The number of amides is 1. The van der Waals surface area contributed by atoms with Crippen LogP contribution in [-0.2, 0) is 14.3 Å². The lowest BCUT2D eigenvalue weighted by molar-refractivity contribution is -0.144. The van der Waals surface area contributed by atoms with E-state index in [9.17, 15) is 9.59 Å². The van der Waals surface area contributed by atoms with E-state index in [1.54, 1.807) is 6.92 Å². The van der Waals surface area contributed by atoms with Crippen molar-refractivity contribution in [3.63, 3.8) is 0 Å². The largest absolute Gasteiger partial charge is 0.459 e. The molecule has 0 fully saturated rings. The molecule has 1 amide bonds. The van der Waals surface area contributed by atoms with Crippen molar-refractivity contribution in [2.75, 3.05) is 0 Å². The first-order valence-electron chi connectivity index (χ1n) is 7.40. The molecular formula is C17H20BrNO3. The standard InChI is InChI=1S/C17H20BrNO3/c1-4-10(2)22-17(21)16-11(3)19-15(20)9-13(16)12-7-5-6-8-14(12)18/h5-8,10,13H,4,9H2,1-3H3,(H,19,20)/t10-,13+/m0/s1. The molecule has 4 nitrogen and oxygen atoms in total. The summed E-state index contributed by atoms with van der Waals surface area (Å²) in [4.78, 5) is 24.4. The minimum absolute atomic E-state index is 0.0849. The Morgan fingerprint density at radius 3 is 2.77 bits per heavy atom. The molecule has 0 aliphatic carbocycles. The maximum Gasteiger partial charge on any atom is 0.336 e. The van der Waals surface area contributed by atoms with Gasteiger partial charge in [0.1, 0.15) is 0 Å². The molecule has 118 valence electrons. The molecule has 1 N–H and O–H groups in total. The van der Waals surface area contributed by atoms with Crippen molar-refractivity contribution in [3.8, 4) is 0 Å². The molecule has 1 heterocycles. The van der Waals surface area contributed by atoms with E-state index in [2.05, 4.69) is 21.2 Å². The van der Waals surface area contributed by atoms with Gasteiger partial charge in [-0.15, -0.1) is 0 Å². The molecule has 0 bridgehead atoms. The second-order valence-electron chi connectivity index (χ2n) is 5.49. The zero-order valence-electron chi connectivity index (χ0n) is 13.0. The highest BCUT2D eigenvalue weighted by Gasteiger charge is 2.34. The fourth-order valence-corrected chi connectivity index (χ4v) is 3.09. The molecule has 2 rings (SSSR count). The lowest BCUT2D eigenvalue weighted by Crippen LogP contribution is -2.35. The fraction of sp³-hybridized carbons (Fsp3) is 0.412. The van der Waals surface area contributed by atoms with Gasteiger partial charge >= 0.3 is 5.97 Å². The van der Waals surface area contributed by atoms with Gasteiger partial charge in [-0.3, -0.25) is 4.79 Å². The van der Waals surface area contributed by atoms with Gasteiger partial charge in [-0.25, -0.2) is 4.79 Å². The summed E-state index contributed by atoms with van der Waals surface area (Å²) in [5.41, 5.74) is 2.03. The predicted molar refractivity (Wildman–Crippen MR) is 88.2 cm³/mol. The Morgan fingerprint density at radius 1 is 1.45 bits per heavy atom. The van der Waals surface area contributed by atoms with E-state index in [4.69, 9.17) is 4.74 Å². The van der Waals surface area contributed by atoms with Crippen molar-refractivity contribution in [3.05, 3.63) is 45.6 Å². The van der Waals surface area contributed by atoms with Crippen molar-refractivity contribution in [1.82, 2.24) is 5.32 Å². The van der Waals surface area contributed by atoms with Crippen LogP contribution in [0.1, 0.15) is 45.1 Å². The molecule has 0 unspecified atom stereocenters. The monoisotopic (exact) mass is 365 g/mol. The summed E-state index contributed by atoms with van der Waals surface area (Å²) in [5.74, 6) is -0.730. The topological polar surface area (TPSA) is 55.4 Å². The van der Waals surface area contributed by atoms with Crippen LogP contribution in [0.2, 0.25) is 0 Å². The van der Waals surface area contributed by atoms with Gasteiger partial charge in [0.15, 0.2) is 0 Å². The van der Waals surface area contributed by atoms with E-state index in [-0.39, 0.29) is 30.3 Å². The number of hydrogen-bond donors (Lipinski definition) is 1. The molecule has 1 aromatic rings. The second-order valence-corrected chi connectivity index (χ2v) is 6.34. The quantitative estimate of drug-likeness (QED) is 0.828. The van der Waals surface area contributed by atoms with Crippen molar-refractivity contribution in [2.24, 2.45) is 0 Å². The third-order valence-electron chi connectivity index (χ3n) is 3.85. The van der Waals surface area contributed by atoms with E-state index in [0.29, 0.717) is 11.3 Å². The Balaban J connectivity index is 2.41. The van der Waals surface area contributed by atoms with E-state index >= 15 is 0 Å². The van der Waals surface area contributed by atoms with E-state index in [1.807, 2.05) is 38.1 Å². The van der Waals surface area contributed by atoms with Crippen molar-refractivity contribution in [1.29, 1.82) is 0 Å². The van der Waals surface area contributed by atoms with Crippen LogP contribution < -0.4 is 5.32 Å². The normalized spacial score (nSPS) is 19.6. The summed E-state index contributed by atoms with van der Waals surface area (Å²) in [6.07, 6.45) is 0.847. The third-order valence-corrected chi connectivity index (χ3v) is 4.57. The SMILES string of the molecule is CC[C@H](C)OC(=O)C1=C(C)NC(=O)C[C@@H]1c1ccccc1Br. The van der Waals surface area contributed by atoms with Gasteiger partial charge in [0.05, 0.1) is 11.7 Å². The highest BCUT2D eigenvalue weighted by Crippen LogP contribution is 2.37. The summed E-state index contributed by atoms with van der Waals surface area (Å²) >= 11 is 3.51. The number of carbonyl (C=O) groups excluding carboxylic acids is 2. The highest BCUT2D eigenvalue weighted by molar-refractivity contribution is 9.10. The number of esters is 1. The molecule has 2 atom stereocenters.